The molecule has 2 nitrogen and oxygen atoms in total. The first-order chi connectivity index (χ1) is 10.9. The van der Waals surface area contributed by atoms with E-state index in [0.717, 1.165) is 17.4 Å². The molecule has 0 spiro atoms. The van der Waals surface area contributed by atoms with Crippen molar-refractivity contribution in [1.29, 1.82) is 0 Å². The van der Waals surface area contributed by atoms with Crippen molar-refractivity contribution in [3.63, 3.8) is 0 Å². The Morgan fingerprint density at radius 1 is 1.09 bits per heavy atom. The molecule has 0 aliphatic rings. The normalized spacial score (nSPS) is 12.9. The fraction of sp³-hybridized carbons (Fsp3) is 0.333. The van der Waals surface area contributed by atoms with E-state index < -0.39 is 11.7 Å². The van der Waals surface area contributed by atoms with E-state index in [2.05, 4.69) is 5.32 Å². The third-order valence-corrected chi connectivity index (χ3v) is 3.59. The van der Waals surface area contributed by atoms with E-state index in [0.29, 0.717) is 18.7 Å². The van der Waals surface area contributed by atoms with Gasteiger partial charge in [0.2, 0.25) is 0 Å². The van der Waals surface area contributed by atoms with Crippen molar-refractivity contribution in [3.8, 4) is 5.75 Å². The van der Waals surface area contributed by atoms with Gasteiger partial charge in [-0.3, -0.25) is 0 Å². The molecule has 0 aliphatic carbocycles. The van der Waals surface area contributed by atoms with Crippen molar-refractivity contribution in [2.45, 2.75) is 32.6 Å². The number of halogens is 3. The molecule has 5 heteroatoms. The summed E-state index contributed by atoms with van der Waals surface area (Å²) < 4.78 is 43.9. The molecule has 0 aromatic heterocycles. The van der Waals surface area contributed by atoms with Gasteiger partial charge in [0.25, 0.3) is 0 Å². The number of rotatable bonds is 6. The Balaban J connectivity index is 2.07. The van der Waals surface area contributed by atoms with Crippen LogP contribution in [0.4, 0.5) is 13.2 Å². The fourth-order valence-corrected chi connectivity index (χ4v) is 2.31. The minimum Gasteiger partial charge on any atom is -0.494 e. The summed E-state index contributed by atoms with van der Waals surface area (Å²) >= 11 is 0. The van der Waals surface area contributed by atoms with Gasteiger partial charge in [-0.15, -0.1) is 0 Å². The van der Waals surface area contributed by atoms with Crippen molar-refractivity contribution in [3.05, 3.63) is 65.2 Å². The van der Waals surface area contributed by atoms with Crippen LogP contribution in [0.25, 0.3) is 0 Å². The van der Waals surface area contributed by atoms with Gasteiger partial charge in [-0.1, -0.05) is 30.3 Å². The molecular formula is C18H20F3NO. The van der Waals surface area contributed by atoms with E-state index in [4.69, 9.17) is 4.74 Å². The largest absolute Gasteiger partial charge is 0.494 e. The van der Waals surface area contributed by atoms with E-state index in [1.54, 1.807) is 6.07 Å². The summed E-state index contributed by atoms with van der Waals surface area (Å²) in [5, 5.41) is 3.25. The molecule has 1 unspecified atom stereocenters. The Hall–Kier alpha value is -2.01. The van der Waals surface area contributed by atoms with Crippen LogP contribution in [0, 0.1) is 0 Å². The second-order valence-electron chi connectivity index (χ2n) is 5.27. The van der Waals surface area contributed by atoms with Gasteiger partial charge in [0, 0.05) is 18.2 Å². The topological polar surface area (TPSA) is 21.3 Å². The van der Waals surface area contributed by atoms with Gasteiger partial charge in [-0.2, -0.15) is 13.2 Å². The summed E-state index contributed by atoms with van der Waals surface area (Å²) in [7, 11) is 0. The van der Waals surface area contributed by atoms with Gasteiger partial charge >= 0.3 is 6.18 Å². The van der Waals surface area contributed by atoms with E-state index in [1.165, 1.54) is 12.1 Å². The van der Waals surface area contributed by atoms with Crippen molar-refractivity contribution in [1.82, 2.24) is 5.32 Å². The highest BCUT2D eigenvalue weighted by Gasteiger charge is 2.30. The third kappa shape index (κ3) is 4.73. The van der Waals surface area contributed by atoms with E-state index in [-0.39, 0.29) is 6.04 Å². The summed E-state index contributed by atoms with van der Waals surface area (Å²) in [6.45, 7) is 4.85. The fourth-order valence-electron chi connectivity index (χ4n) is 2.31. The highest BCUT2D eigenvalue weighted by molar-refractivity contribution is 5.33. The maximum Gasteiger partial charge on any atom is 0.416 e. The lowest BCUT2D eigenvalue weighted by Gasteiger charge is -2.17. The predicted octanol–water partition coefficient (Wildman–Crippen LogP) is 4.95. The van der Waals surface area contributed by atoms with E-state index >= 15 is 0 Å². The zero-order chi connectivity index (χ0) is 16.9. The number of alkyl halides is 3. The third-order valence-electron chi connectivity index (χ3n) is 3.59. The summed E-state index contributed by atoms with van der Waals surface area (Å²) in [5.41, 5.74) is 0.959. The predicted molar refractivity (Wildman–Crippen MR) is 84.3 cm³/mol. The first-order valence-electron chi connectivity index (χ1n) is 7.53. The number of benzene rings is 2. The second-order valence-corrected chi connectivity index (χ2v) is 5.27. The minimum atomic E-state index is -4.32. The van der Waals surface area contributed by atoms with Crippen LogP contribution in [0.15, 0.2) is 48.5 Å². The number of hydrogen-bond acceptors (Lipinski definition) is 2. The standard InChI is InChI=1S/C18H20F3NO/c1-3-23-17-10-5-4-7-15(17)12-22-13(2)14-8-6-9-16(11-14)18(19,20)21/h4-11,13,22H,3,12H2,1-2H3. The molecule has 0 amide bonds. The Bertz CT molecular complexity index is 640. The number of para-hydroxylation sites is 1. The van der Waals surface area contributed by atoms with Gasteiger partial charge in [0.05, 0.1) is 12.2 Å². The molecular weight excluding hydrogens is 303 g/mol. The Kier molecular flexibility index (Phi) is 5.66. The Labute approximate surface area is 134 Å². The van der Waals surface area contributed by atoms with Gasteiger partial charge in [0.15, 0.2) is 0 Å². The first kappa shape index (κ1) is 17.3. The molecule has 0 bridgehead atoms. The monoisotopic (exact) mass is 323 g/mol. The molecule has 1 N–H and O–H groups in total. The van der Waals surface area contributed by atoms with Gasteiger partial charge < -0.3 is 10.1 Å². The molecule has 2 rings (SSSR count). The number of hydrogen-bond donors (Lipinski definition) is 1. The van der Waals surface area contributed by atoms with Gasteiger partial charge in [-0.25, -0.2) is 0 Å². The van der Waals surface area contributed by atoms with Crippen LogP contribution < -0.4 is 10.1 Å². The van der Waals surface area contributed by atoms with Crippen LogP contribution in [0.2, 0.25) is 0 Å². The molecule has 23 heavy (non-hydrogen) atoms. The molecule has 124 valence electrons. The van der Waals surface area contributed by atoms with Crippen LogP contribution in [-0.4, -0.2) is 6.61 Å². The molecule has 0 saturated carbocycles. The Morgan fingerprint density at radius 3 is 2.52 bits per heavy atom. The molecule has 0 aliphatic heterocycles. The highest BCUT2D eigenvalue weighted by Crippen LogP contribution is 2.30. The first-order valence-corrected chi connectivity index (χ1v) is 7.53. The van der Waals surface area contributed by atoms with Crippen LogP contribution in [-0.2, 0) is 12.7 Å². The summed E-state index contributed by atoms with van der Waals surface area (Å²) in [6, 6.07) is 12.8. The average molecular weight is 323 g/mol. The maximum atomic E-state index is 12.8. The Morgan fingerprint density at radius 2 is 1.83 bits per heavy atom. The smallest absolute Gasteiger partial charge is 0.416 e. The van der Waals surface area contributed by atoms with Crippen molar-refractivity contribution in [2.75, 3.05) is 6.61 Å². The average Bonchev–Trinajstić information content (AvgIpc) is 2.53. The SMILES string of the molecule is CCOc1ccccc1CNC(C)c1cccc(C(F)(F)F)c1. The molecule has 0 saturated heterocycles. The quantitative estimate of drug-likeness (QED) is 0.812. The lowest BCUT2D eigenvalue weighted by Crippen LogP contribution is -2.19. The van der Waals surface area contributed by atoms with E-state index in [9.17, 15) is 13.2 Å². The van der Waals surface area contributed by atoms with Crippen LogP contribution in [0.3, 0.4) is 0 Å². The molecule has 0 radical (unpaired) electrons. The molecule has 2 aromatic rings. The zero-order valence-electron chi connectivity index (χ0n) is 13.2. The van der Waals surface area contributed by atoms with Crippen molar-refractivity contribution >= 4 is 0 Å². The minimum absolute atomic E-state index is 0.202. The molecule has 2 aromatic carbocycles. The molecule has 0 heterocycles. The van der Waals surface area contributed by atoms with Crippen LogP contribution >= 0.6 is 0 Å². The number of nitrogens with one attached hydrogen (secondary N) is 1. The zero-order valence-corrected chi connectivity index (χ0v) is 13.2. The molecule has 0 fully saturated rings. The van der Waals surface area contributed by atoms with Crippen molar-refractivity contribution in [2.24, 2.45) is 0 Å². The maximum absolute atomic E-state index is 12.8. The van der Waals surface area contributed by atoms with Gasteiger partial charge in [-0.05, 0) is 37.6 Å². The summed E-state index contributed by atoms with van der Waals surface area (Å²) in [6.07, 6.45) is -4.32. The lowest BCUT2D eigenvalue weighted by molar-refractivity contribution is -0.137. The second kappa shape index (κ2) is 7.51. The van der Waals surface area contributed by atoms with E-state index in [1.807, 2.05) is 38.1 Å². The van der Waals surface area contributed by atoms with Crippen LogP contribution in [0.1, 0.15) is 36.6 Å². The van der Waals surface area contributed by atoms with Gasteiger partial charge in [0.1, 0.15) is 5.75 Å². The number of ether oxygens (including phenoxy) is 1. The van der Waals surface area contributed by atoms with Crippen molar-refractivity contribution < 1.29 is 17.9 Å². The molecule has 1 atom stereocenters. The summed E-state index contributed by atoms with van der Waals surface area (Å²) in [5.74, 6) is 0.791. The highest BCUT2D eigenvalue weighted by atomic mass is 19.4. The lowest BCUT2D eigenvalue weighted by atomic mass is 10.0. The summed E-state index contributed by atoms with van der Waals surface area (Å²) in [4.78, 5) is 0. The van der Waals surface area contributed by atoms with Crippen LogP contribution in [0.5, 0.6) is 5.75 Å².